The summed E-state index contributed by atoms with van der Waals surface area (Å²) < 4.78 is 32.4. The molecule has 26 heavy (non-hydrogen) atoms. The minimum absolute atomic E-state index is 0.154. The van der Waals surface area contributed by atoms with Gasteiger partial charge in [0.2, 0.25) is 5.89 Å². The Labute approximate surface area is 154 Å². The predicted octanol–water partition coefficient (Wildman–Crippen LogP) is 2.63. The lowest BCUT2D eigenvalue weighted by Gasteiger charge is -2.39. The molecule has 0 N–H and O–H groups in total. The number of piperidine rings is 1. The normalized spacial score (nSPS) is 19.7. The summed E-state index contributed by atoms with van der Waals surface area (Å²) in [5, 5.41) is 0. The van der Waals surface area contributed by atoms with E-state index in [2.05, 4.69) is 34.1 Å². The molecule has 1 aromatic carbocycles. The van der Waals surface area contributed by atoms with Crippen LogP contribution in [0.15, 0.2) is 34.9 Å². The molecule has 1 spiro atoms. The van der Waals surface area contributed by atoms with Gasteiger partial charge in [0.15, 0.2) is 0 Å². The van der Waals surface area contributed by atoms with Crippen LogP contribution in [-0.2, 0) is 39.3 Å². The fourth-order valence-electron chi connectivity index (χ4n) is 4.29. The van der Waals surface area contributed by atoms with Crippen LogP contribution in [0.3, 0.4) is 0 Å². The standard InChI is InChI=1S/C19H24N2O4S/c1-26(22,23)24-14-18-20-12-16(25-18)13-21-10-8-19(9-11-21)7-6-15-4-2-3-5-17(15)19/h2-5,12H,6-11,13-14H2,1H3. The van der Waals surface area contributed by atoms with E-state index in [0.717, 1.165) is 25.1 Å². The smallest absolute Gasteiger partial charge is 0.264 e. The minimum Gasteiger partial charge on any atom is -0.442 e. The maximum atomic E-state index is 11.0. The average molecular weight is 376 g/mol. The van der Waals surface area contributed by atoms with Gasteiger partial charge in [-0.15, -0.1) is 0 Å². The lowest BCUT2D eigenvalue weighted by Crippen LogP contribution is -2.41. The van der Waals surface area contributed by atoms with Crippen LogP contribution >= 0.6 is 0 Å². The zero-order chi connectivity index (χ0) is 18.2. The molecule has 2 aromatic rings. The van der Waals surface area contributed by atoms with Crippen molar-refractivity contribution < 1.29 is 17.0 Å². The van der Waals surface area contributed by atoms with E-state index in [1.165, 1.54) is 31.2 Å². The van der Waals surface area contributed by atoms with E-state index in [-0.39, 0.29) is 6.61 Å². The number of likely N-dealkylation sites (tertiary alicyclic amines) is 1. The van der Waals surface area contributed by atoms with Crippen LogP contribution in [0.1, 0.15) is 42.0 Å². The first kappa shape index (κ1) is 17.7. The fraction of sp³-hybridized carbons (Fsp3) is 0.526. The number of aromatic nitrogens is 1. The van der Waals surface area contributed by atoms with E-state index in [1.54, 1.807) is 11.8 Å². The Hall–Kier alpha value is -1.70. The van der Waals surface area contributed by atoms with Crippen LogP contribution in [0.5, 0.6) is 0 Å². The average Bonchev–Trinajstić information content (AvgIpc) is 3.21. The maximum Gasteiger partial charge on any atom is 0.264 e. The first-order valence-corrected chi connectivity index (χ1v) is 10.8. The molecule has 140 valence electrons. The van der Waals surface area contributed by atoms with Crippen LogP contribution in [0.2, 0.25) is 0 Å². The molecule has 1 aliphatic heterocycles. The molecular weight excluding hydrogens is 352 g/mol. The van der Waals surface area contributed by atoms with E-state index < -0.39 is 10.1 Å². The third-order valence-electron chi connectivity index (χ3n) is 5.65. The second kappa shape index (κ2) is 6.79. The second-order valence-electron chi connectivity index (χ2n) is 7.40. The largest absolute Gasteiger partial charge is 0.442 e. The number of hydrogen-bond donors (Lipinski definition) is 0. The van der Waals surface area contributed by atoms with Crippen LogP contribution in [0, 0.1) is 0 Å². The van der Waals surface area contributed by atoms with Crippen molar-refractivity contribution in [1.82, 2.24) is 9.88 Å². The number of benzene rings is 1. The lowest BCUT2D eigenvalue weighted by atomic mass is 9.74. The van der Waals surface area contributed by atoms with Crippen LogP contribution < -0.4 is 0 Å². The second-order valence-corrected chi connectivity index (χ2v) is 9.04. The number of fused-ring (bicyclic) bond motifs is 2. The molecule has 1 aromatic heterocycles. The minimum atomic E-state index is -3.49. The molecule has 1 saturated heterocycles. The molecule has 2 aliphatic rings. The Bertz CT molecular complexity index is 882. The number of aryl methyl sites for hydroxylation is 1. The van der Waals surface area contributed by atoms with E-state index in [4.69, 9.17) is 8.60 Å². The molecule has 0 amide bonds. The van der Waals surface area contributed by atoms with Crippen molar-refractivity contribution in [3.63, 3.8) is 0 Å². The molecule has 1 fully saturated rings. The summed E-state index contributed by atoms with van der Waals surface area (Å²) in [5.41, 5.74) is 3.43. The van der Waals surface area contributed by atoms with Crippen molar-refractivity contribution in [2.75, 3.05) is 19.3 Å². The number of hydrogen-bond acceptors (Lipinski definition) is 6. The quantitative estimate of drug-likeness (QED) is 0.747. The highest BCUT2D eigenvalue weighted by atomic mass is 32.2. The van der Waals surface area contributed by atoms with E-state index in [0.29, 0.717) is 17.9 Å². The molecule has 0 saturated carbocycles. The van der Waals surface area contributed by atoms with Crippen LogP contribution in [-0.4, -0.2) is 37.6 Å². The molecule has 6 nitrogen and oxygen atoms in total. The monoisotopic (exact) mass is 376 g/mol. The van der Waals surface area contributed by atoms with Crippen molar-refractivity contribution in [3.8, 4) is 0 Å². The molecule has 2 heterocycles. The van der Waals surface area contributed by atoms with Crippen molar-refractivity contribution in [2.24, 2.45) is 0 Å². The summed E-state index contributed by atoms with van der Waals surface area (Å²) in [6, 6.07) is 8.88. The zero-order valence-electron chi connectivity index (χ0n) is 15.0. The Balaban J connectivity index is 1.34. The summed E-state index contributed by atoms with van der Waals surface area (Å²) in [4.78, 5) is 6.49. The Kier molecular flexibility index (Phi) is 4.62. The first-order chi connectivity index (χ1) is 12.4. The van der Waals surface area contributed by atoms with Gasteiger partial charge in [-0.05, 0) is 55.3 Å². The summed E-state index contributed by atoms with van der Waals surface area (Å²) in [6.45, 7) is 2.61. The molecule has 1 aliphatic carbocycles. The van der Waals surface area contributed by atoms with E-state index in [9.17, 15) is 8.42 Å². The van der Waals surface area contributed by atoms with Gasteiger partial charge in [0, 0.05) is 0 Å². The van der Waals surface area contributed by atoms with Crippen molar-refractivity contribution in [3.05, 3.63) is 53.2 Å². The van der Waals surface area contributed by atoms with Crippen molar-refractivity contribution in [2.45, 2.75) is 44.2 Å². The Morgan fingerprint density at radius 3 is 2.77 bits per heavy atom. The van der Waals surface area contributed by atoms with Crippen LogP contribution in [0.4, 0.5) is 0 Å². The van der Waals surface area contributed by atoms with E-state index in [1.807, 2.05) is 0 Å². The zero-order valence-corrected chi connectivity index (χ0v) is 15.8. The molecule has 4 rings (SSSR count). The number of nitrogens with zero attached hydrogens (tertiary/aromatic N) is 2. The molecule has 0 radical (unpaired) electrons. The predicted molar refractivity (Wildman–Crippen MR) is 97.1 cm³/mol. The van der Waals surface area contributed by atoms with Crippen LogP contribution in [0.25, 0.3) is 0 Å². The van der Waals surface area contributed by atoms with Gasteiger partial charge in [-0.3, -0.25) is 9.08 Å². The molecule has 7 heteroatoms. The fourth-order valence-corrected chi connectivity index (χ4v) is 4.60. The third-order valence-corrected chi connectivity index (χ3v) is 6.20. The Morgan fingerprint density at radius 2 is 2.00 bits per heavy atom. The van der Waals surface area contributed by atoms with Gasteiger partial charge in [-0.2, -0.15) is 8.42 Å². The molecule has 0 atom stereocenters. The molecular formula is C19H24N2O4S. The van der Waals surface area contributed by atoms with Gasteiger partial charge in [0.05, 0.1) is 19.0 Å². The van der Waals surface area contributed by atoms with Gasteiger partial charge < -0.3 is 4.42 Å². The number of oxazole rings is 1. The molecule has 0 bridgehead atoms. The molecule has 0 unspecified atom stereocenters. The van der Waals surface area contributed by atoms with Gasteiger partial charge in [-0.1, -0.05) is 24.3 Å². The third kappa shape index (κ3) is 3.70. The SMILES string of the molecule is CS(=O)(=O)OCc1ncc(CN2CCC3(CCc4ccccc43)CC2)o1. The summed E-state index contributed by atoms with van der Waals surface area (Å²) in [6.07, 6.45) is 7.47. The lowest BCUT2D eigenvalue weighted by molar-refractivity contribution is 0.142. The maximum absolute atomic E-state index is 11.0. The van der Waals surface area contributed by atoms with Gasteiger partial charge in [0.1, 0.15) is 12.4 Å². The van der Waals surface area contributed by atoms with E-state index >= 15 is 0 Å². The van der Waals surface area contributed by atoms with Gasteiger partial charge >= 0.3 is 0 Å². The number of rotatable bonds is 5. The Morgan fingerprint density at radius 1 is 1.23 bits per heavy atom. The summed E-state index contributed by atoms with van der Waals surface area (Å²) in [7, 11) is -3.49. The highest BCUT2D eigenvalue weighted by Gasteiger charge is 2.40. The summed E-state index contributed by atoms with van der Waals surface area (Å²) in [5.74, 6) is 1.04. The van der Waals surface area contributed by atoms with Crippen molar-refractivity contribution >= 4 is 10.1 Å². The summed E-state index contributed by atoms with van der Waals surface area (Å²) >= 11 is 0. The highest BCUT2D eigenvalue weighted by Crippen LogP contribution is 2.46. The highest BCUT2D eigenvalue weighted by molar-refractivity contribution is 7.85. The first-order valence-electron chi connectivity index (χ1n) is 9.02. The van der Waals surface area contributed by atoms with Crippen molar-refractivity contribution in [1.29, 1.82) is 0 Å². The van der Waals surface area contributed by atoms with Gasteiger partial charge in [0.25, 0.3) is 10.1 Å². The topological polar surface area (TPSA) is 72.6 Å². The van der Waals surface area contributed by atoms with Gasteiger partial charge in [-0.25, -0.2) is 4.98 Å².